The Balaban J connectivity index is 1.87. The van der Waals surface area contributed by atoms with Crippen molar-refractivity contribution in [3.05, 3.63) is 35.6 Å². The molecule has 2 rings (SSSR count). The van der Waals surface area contributed by atoms with E-state index < -0.39 is 0 Å². The van der Waals surface area contributed by atoms with E-state index in [1.807, 2.05) is 19.2 Å². The van der Waals surface area contributed by atoms with Crippen LogP contribution in [0.3, 0.4) is 0 Å². The van der Waals surface area contributed by atoms with Crippen molar-refractivity contribution in [2.24, 2.45) is 0 Å². The second-order valence-electron chi connectivity index (χ2n) is 4.22. The van der Waals surface area contributed by atoms with Crippen molar-refractivity contribution in [2.75, 3.05) is 20.3 Å². The SMILES string of the molecule is CNC(Cc1ccc(F)cc1)CC1OCCO1. The van der Waals surface area contributed by atoms with Crippen molar-refractivity contribution < 1.29 is 13.9 Å². The van der Waals surface area contributed by atoms with Gasteiger partial charge in [-0.25, -0.2) is 4.39 Å². The molecule has 1 heterocycles. The van der Waals surface area contributed by atoms with Crippen molar-refractivity contribution in [1.82, 2.24) is 5.32 Å². The Hall–Kier alpha value is -0.970. The third-order valence-corrected chi connectivity index (χ3v) is 2.97. The van der Waals surface area contributed by atoms with E-state index in [1.54, 1.807) is 0 Å². The zero-order chi connectivity index (χ0) is 12.1. The molecule has 1 unspecified atom stereocenters. The summed E-state index contributed by atoms with van der Waals surface area (Å²) in [5.74, 6) is -0.197. The molecule has 1 fully saturated rings. The van der Waals surface area contributed by atoms with Gasteiger partial charge in [0.25, 0.3) is 0 Å². The molecule has 0 radical (unpaired) electrons. The van der Waals surface area contributed by atoms with Crippen LogP contribution < -0.4 is 5.32 Å². The minimum absolute atomic E-state index is 0.104. The largest absolute Gasteiger partial charge is 0.350 e. The highest BCUT2D eigenvalue weighted by Gasteiger charge is 2.20. The number of benzene rings is 1. The van der Waals surface area contributed by atoms with E-state index in [-0.39, 0.29) is 18.1 Å². The number of rotatable bonds is 5. The molecule has 0 aliphatic carbocycles. The quantitative estimate of drug-likeness (QED) is 0.848. The summed E-state index contributed by atoms with van der Waals surface area (Å²) in [5, 5.41) is 3.24. The molecule has 0 amide bonds. The van der Waals surface area contributed by atoms with Gasteiger partial charge >= 0.3 is 0 Å². The van der Waals surface area contributed by atoms with Gasteiger partial charge in [0, 0.05) is 12.5 Å². The number of hydrogen-bond donors (Lipinski definition) is 1. The van der Waals surface area contributed by atoms with Gasteiger partial charge in [-0.15, -0.1) is 0 Å². The first-order chi connectivity index (χ1) is 8.28. The van der Waals surface area contributed by atoms with Gasteiger partial charge in [-0.1, -0.05) is 12.1 Å². The van der Waals surface area contributed by atoms with Crippen molar-refractivity contribution in [3.63, 3.8) is 0 Å². The van der Waals surface area contributed by atoms with Gasteiger partial charge in [-0.05, 0) is 31.2 Å². The molecule has 1 aromatic carbocycles. The fraction of sp³-hybridized carbons (Fsp3) is 0.538. The van der Waals surface area contributed by atoms with E-state index in [9.17, 15) is 4.39 Å². The molecule has 4 heteroatoms. The fourth-order valence-electron chi connectivity index (χ4n) is 1.98. The predicted octanol–water partition coefficient (Wildman–Crippen LogP) is 1.72. The summed E-state index contributed by atoms with van der Waals surface area (Å²) >= 11 is 0. The van der Waals surface area contributed by atoms with Crippen LogP contribution in [-0.2, 0) is 15.9 Å². The third kappa shape index (κ3) is 3.77. The number of nitrogens with one attached hydrogen (secondary N) is 1. The first-order valence-electron chi connectivity index (χ1n) is 5.93. The molecule has 1 N–H and O–H groups in total. The van der Waals surface area contributed by atoms with Crippen LogP contribution in [0.4, 0.5) is 4.39 Å². The topological polar surface area (TPSA) is 30.5 Å². The Bertz CT molecular complexity index is 336. The highest BCUT2D eigenvalue weighted by molar-refractivity contribution is 5.17. The Labute approximate surface area is 101 Å². The van der Waals surface area contributed by atoms with Crippen molar-refractivity contribution in [1.29, 1.82) is 0 Å². The van der Waals surface area contributed by atoms with Crippen LogP contribution in [0.25, 0.3) is 0 Å². The van der Waals surface area contributed by atoms with E-state index in [1.165, 1.54) is 12.1 Å². The minimum Gasteiger partial charge on any atom is -0.350 e. The molecule has 1 aliphatic rings. The molecule has 0 aromatic heterocycles. The molecule has 1 aliphatic heterocycles. The smallest absolute Gasteiger partial charge is 0.159 e. The van der Waals surface area contributed by atoms with Gasteiger partial charge in [0.1, 0.15) is 5.82 Å². The van der Waals surface area contributed by atoms with Crippen LogP contribution in [0.5, 0.6) is 0 Å². The number of hydrogen-bond acceptors (Lipinski definition) is 3. The van der Waals surface area contributed by atoms with Crippen LogP contribution in [0.15, 0.2) is 24.3 Å². The van der Waals surface area contributed by atoms with Crippen LogP contribution in [0.1, 0.15) is 12.0 Å². The molecule has 1 aromatic rings. The zero-order valence-electron chi connectivity index (χ0n) is 9.99. The van der Waals surface area contributed by atoms with Gasteiger partial charge in [0.2, 0.25) is 0 Å². The zero-order valence-corrected chi connectivity index (χ0v) is 9.99. The van der Waals surface area contributed by atoms with E-state index in [4.69, 9.17) is 9.47 Å². The molecular formula is C13H18FNO2. The molecule has 1 atom stereocenters. The van der Waals surface area contributed by atoms with E-state index >= 15 is 0 Å². The molecule has 0 saturated carbocycles. The fourth-order valence-corrected chi connectivity index (χ4v) is 1.98. The lowest BCUT2D eigenvalue weighted by Crippen LogP contribution is -2.32. The first-order valence-corrected chi connectivity index (χ1v) is 5.93. The van der Waals surface area contributed by atoms with Crippen molar-refractivity contribution in [3.8, 4) is 0 Å². The third-order valence-electron chi connectivity index (χ3n) is 2.97. The Morgan fingerprint density at radius 2 is 1.94 bits per heavy atom. The molecular weight excluding hydrogens is 221 g/mol. The normalized spacial score (nSPS) is 18.5. The summed E-state index contributed by atoms with van der Waals surface area (Å²) < 4.78 is 23.6. The van der Waals surface area contributed by atoms with Crippen LogP contribution in [0.2, 0.25) is 0 Å². The van der Waals surface area contributed by atoms with E-state index in [0.717, 1.165) is 18.4 Å². The summed E-state index contributed by atoms with van der Waals surface area (Å²) in [6.07, 6.45) is 1.56. The molecule has 3 nitrogen and oxygen atoms in total. The number of halogens is 1. The lowest BCUT2D eigenvalue weighted by atomic mass is 10.0. The lowest BCUT2D eigenvalue weighted by molar-refractivity contribution is -0.0522. The molecule has 94 valence electrons. The maximum absolute atomic E-state index is 12.8. The highest BCUT2D eigenvalue weighted by atomic mass is 19.1. The second-order valence-corrected chi connectivity index (χ2v) is 4.22. The second kappa shape index (κ2) is 6.10. The van der Waals surface area contributed by atoms with Crippen LogP contribution in [-0.4, -0.2) is 32.6 Å². The molecule has 0 spiro atoms. The Morgan fingerprint density at radius 1 is 1.29 bits per heavy atom. The van der Waals surface area contributed by atoms with Crippen LogP contribution >= 0.6 is 0 Å². The number of likely N-dealkylation sites (N-methyl/N-ethyl adjacent to an activating group) is 1. The Morgan fingerprint density at radius 3 is 2.53 bits per heavy atom. The van der Waals surface area contributed by atoms with Gasteiger partial charge in [-0.2, -0.15) is 0 Å². The first kappa shape index (κ1) is 12.5. The van der Waals surface area contributed by atoms with Gasteiger partial charge in [0.05, 0.1) is 13.2 Å². The van der Waals surface area contributed by atoms with Gasteiger partial charge < -0.3 is 14.8 Å². The van der Waals surface area contributed by atoms with E-state index in [2.05, 4.69) is 5.32 Å². The molecule has 0 bridgehead atoms. The highest BCUT2D eigenvalue weighted by Crippen LogP contribution is 2.14. The average molecular weight is 239 g/mol. The predicted molar refractivity (Wildman–Crippen MR) is 63.3 cm³/mol. The molecule has 17 heavy (non-hydrogen) atoms. The summed E-state index contributed by atoms with van der Waals surface area (Å²) in [6, 6.07) is 6.89. The summed E-state index contributed by atoms with van der Waals surface area (Å²) in [7, 11) is 1.92. The van der Waals surface area contributed by atoms with Gasteiger partial charge in [0.15, 0.2) is 6.29 Å². The van der Waals surface area contributed by atoms with E-state index in [0.29, 0.717) is 13.2 Å². The Kier molecular flexibility index (Phi) is 4.48. The molecule has 1 saturated heterocycles. The monoisotopic (exact) mass is 239 g/mol. The average Bonchev–Trinajstić information content (AvgIpc) is 2.84. The maximum Gasteiger partial charge on any atom is 0.159 e. The standard InChI is InChI=1S/C13H18FNO2/c1-15-12(9-13-16-6-7-17-13)8-10-2-4-11(14)5-3-10/h2-5,12-13,15H,6-9H2,1H3. The minimum atomic E-state index is -0.197. The summed E-state index contributed by atoms with van der Waals surface area (Å²) in [4.78, 5) is 0. The maximum atomic E-state index is 12.8. The van der Waals surface area contributed by atoms with Gasteiger partial charge in [-0.3, -0.25) is 0 Å². The van der Waals surface area contributed by atoms with Crippen molar-refractivity contribution >= 4 is 0 Å². The summed E-state index contributed by atoms with van der Waals surface area (Å²) in [6.45, 7) is 1.36. The summed E-state index contributed by atoms with van der Waals surface area (Å²) in [5.41, 5.74) is 1.11. The lowest BCUT2D eigenvalue weighted by Gasteiger charge is -2.19. The van der Waals surface area contributed by atoms with Crippen LogP contribution in [0, 0.1) is 5.82 Å². The number of ether oxygens (including phenoxy) is 2. The van der Waals surface area contributed by atoms with Crippen molar-refractivity contribution in [2.45, 2.75) is 25.2 Å².